The number of piperidine rings is 1. The number of para-hydroxylation sites is 1. The quantitative estimate of drug-likeness (QED) is 0.410. The molecule has 0 bridgehead atoms. The van der Waals surface area contributed by atoms with Crippen LogP contribution in [-0.2, 0) is 23.2 Å². The lowest BCUT2D eigenvalue weighted by molar-refractivity contribution is 0.279. The lowest BCUT2D eigenvalue weighted by atomic mass is 10.1. The minimum Gasteiger partial charge on any atom is -0.382 e. The standard InChI is InChI=1S/C23H33N7O2S/c1-2-3-10-20-28-21-22(18-8-4-5-9-19(18)27-23(21)24)29(20)15-6-7-16-30(33(25,31)32)17-11-13-26-14-12-17/h4-9,17,26H,2-3,10-16H2,1H3,(H2,24,27)(H2,25,31,32)/b7-6+. The van der Waals surface area contributed by atoms with Gasteiger partial charge in [0.1, 0.15) is 11.3 Å². The van der Waals surface area contributed by atoms with Gasteiger partial charge in [-0.15, -0.1) is 0 Å². The van der Waals surface area contributed by atoms with Crippen LogP contribution in [-0.4, -0.2) is 52.9 Å². The highest BCUT2D eigenvalue weighted by molar-refractivity contribution is 7.86. The number of rotatable bonds is 9. The van der Waals surface area contributed by atoms with E-state index in [1.54, 1.807) is 0 Å². The Bertz CT molecular complexity index is 1250. The first-order valence-electron chi connectivity index (χ1n) is 11.6. The zero-order valence-electron chi connectivity index (χ0n) is 19.1. The number of nitrogens with one attached hydrogen (secondary N) is 1. The van der Waals surface area contributed by atoms with Gasteiger partial charge in [-0.2, -0.15) is 12.7 Å². The first-order valence-corrected chi connectivity index (χ1v) is 13.1. The van der Waals surface area contributed by atoms with Crippen molar-refractivity contribution >= 4 is 38.0 Å². The Labute approximate surface area is 195 Å². The van der Waals surface area contributed by atoms with Crippen LogP contribution < -0.4 is 16.2 Å². The molecule has 0 aliphatic carbocycles. The van der Waals surface area contributed by atoms with Crippen LogP contribution in [0.15, 0.2) is 36.4 Å². The summed E-state index contributed by atoms with van der Waals surface area (Å²) >= 11 is 0. The number of hydrogen-bond donors (Lipinski definition) is 3. The van der Waals surface area contributed by atoms with Crippen LogP contribution in [0.5, 0.6) is 0 Å². The van der Waals surface area contributed by atoms with Gasteiger partial charge in [0, 0.05) is 30.9 Å². The van der Waals surface area contributed by atoms with E-state index < -0.39 is 10.2 Å². The summed E-state index contributed by atoms with van der Waals surface area (Å²) in [6, 6.07) is 7.85. The van der Waals surface area contributed by atoms with Gasteiger partial charge >= 0.3 is 0 Å². The summed E-state index contributed by atoms with van der Waals surface area (Å²) in [5.74, 6) is 1.39. The molecular formula is C23H33N7O2S. The third kappa shape index (κ3) is 5.19. The highest BCUT2D eigenvalue weighted by Crippen LogP contribution is 2.29. The van der Waals surface area contributed by atoms with E-state index in [2.05, 4.69) is 21.8 Å². The van der Waals surface area contributed by atoms with E-state index in [0.29, 0.717) is 17.9 Å². The molecule has 1 aliphatic rings. The van der Waals surface area contributed by atoms with Crippen molar-refractivity contribution < 1.29 is 8.42 Å². The van der Waals surface area contributed by atoms with E-state index in [1.165, 1.54) is 4.31 Å². The molecule has 2 aromatic heterocycles. The summed E-state index contributed by atoms with van der Waals surface area (Å²) in [6.45, 7) is 4.56. The van der Waals surface area contributed by atoms with Gasteiger partial charge < -0.3 is 15.6 Å². The van der Waals surface area contributed by atoms with Crippen molar-refractivity contribution in [1.29, 1.82) is 0 Å². The molecule has 1 aromatic carbocycles. The number of allylic oxidation sites excluding steroid dienone is 1. The number of fused-ring (bicyclic) bond motifs is 3. The van der Waals surface area contributed by atoms with Gasteiger partial charge in [0.2, 0.25) is 0 Å². The number of nitrogens with two attached hydrogens (primary N) is 2. The van der Waals surface area contributed by atoms with Crippen molar-refractivity contribution in [2.75, 3.05) is 25.4 Å². The lowest BCUT2D eigenvalue weighted by Crippen LogP contribution is -2.48. The van der Waals surface area contributed by atoms with Crippen molar-refractivity contribution in [3.63, 3.8) is 0 Å². The summed E-state index contributed by atoms with van der Waals surface area (Å²) in [7, 11) is -3.78. The summed E-state index contributed by atoms with van der Waals surface area (Å²) in [4.78, 5) is 9.36. The maximum absolute atomic E-state index is 12.2. The van der Waals surface area contributed by atoms with Crippen molar-refractivity contribution in [2.24, 2.45) is 5.14 Å². The average molecular weight is 472 g/mol. The summed E-state index contributed by atoms with van der Waals surface area (Å²) in [5.41, 5.74) is 8.78. The van der Waals surface area contributed by atoms with Crippen molar-refractivity contribution in [1.82, 2.24) is 24.2 Å². The van der Waals surface area contributed by atoms with Crippen molar-refractivity contribution in [3.05, 3.63) is 42.2 Å². The molecule has 1 fully saturated rings. The van der Waals surface area contributed by atoms with Crippen LogP contribution in [0.1, 0.15) is 38.4 Å². The summed E-state index contributed by atoms with van der Waals surface area (Å²) in [5, 5.41) is 9.79. The highest BCUT2D eigenvalue weighted by Gasteiger charge is 2.27. The van der Waals surface area contributed by atoms with E-state index in [0.717, 1.165) is 67.4 Å². The molecule has 0 saturated carbocycles. The number of nitrogens with zero attached hydrogens (tertiary/aromatic N) is 4. The number of unbranched alkanes of at least 4 members (excludes halogenated alkanes) is 1. The SMILES string of the molecule is CCCCc1nc2c(N)nc3ccccc3c2n1C/C=C/CN(C1CCNCC1)S(N)(=O)=O. The number of aromatic nitrogens is 3. The first kappa shape index (κ1) is 23.6. The van der Waals surface area contributed by atoms with E-state index in [4.69, 9.17) is 15.9 Å². The molecule has 0 spiro atoms. The molecule has 1 saturated heterocycles. The number of hydrogen-bond acceptors (Lipinski definition) is 6. The van der Waals surface area contributed by atoms with Crippen LogP contribution in [0.4, 0.5) is 5.82 Å². The number of pyridine rings is 1. The van der Waals surface area contributed by atoms with E-state index in [-0.39, 0.29) is 12.6 Å². The molecule has 33 heavy (non-hydrogen) atoms. The second-order valence-corrected chi connectivity index (χ2v) is 10.0. The minimum absolute atomic E-state index is 0.0742. The number of aryl methyl sites for hydroxylation is 1. The topological polar surface area (TPSA) is 132 Å². The zero-order chi connectivity index (χ0) is 23.4. The van der Waals surface area contributed by atoms with Gasteiger partial charge in [-0.25, -0.2) is 15.1 Å². The van der Waals surface area contributed by atoms with E-state index in [9.17, 15) is 8.42 Å². The maximum atomic E-state index is 12.2. The highest BCUT2D eigenvalue weighted by atomic mass is 32.2. The number of benzene rings is 1. The Morgan fingerprint density at radius 3 is 2.70 bits per heavy atom. The van der Waals surface area contributed by atoms with E-state index in [1.807, 2.05) is 36.4 Å². The molecular weight excluding hydrogens is 438 g/mol. The third-order valence-electron chi connectivity index (χ3n) is 6.23. The predicted octanol–water partition coefficient (Wildman–Crippen LogP) is 2.32. The average Bonchev–Trinajstić information content (AvgIpc) is 3.16. The fourth-order valence-corrected chi connectivity index (χ4v) is 5.46. The molecule has 178 valence electrons. The smallest absolute Gasteiger partial charge is 0.277 e. The number of nitrogen functional groups attached to an aromatic ring is 1. The Morgan fingerprint density at radius 2 is 1.97 bits per heavy atom. The van der Waals surface area contributed by atoms with E-state index >= 15 is 0 Å². The molecule has 3 aromatic rings. The van der Waals surface area contributed by atoms with Crippen molar-refractivity contribution in [3.8, 4) is 0 Å². The largest absolute Gasteiger partial charge is 0.382 e. The monoisotopic (exact) mass is 471 g/mol. The molecule has 0 amide bonds. The number of imidazole rings is 1. The molecule has 9 nitrogen and oxygen atoms in total. The number of anilines is 1. The molecule has 5 N–H and O–H groups in total. The van der Waals surface area contributed by atoms with Gasteiger partial charge in [0.25, 0.3) is 10.2 Å². The van der Waals surface area contributed by atoms with Crippen LogP contribution in [0.3, 0.4) is 0 Å². The second kappa shape index (κ2) is 10.2. The summed E-state index contributed by atoms with van der Waals surface area (Å²) in [6.07, 6.45) is 8.31. The lowest BCUT2D eigenvalue weighted by Gasteiger charge is -2.31. The molecule has 0 radical (unpaired) electrons. The normalized spacial score (nSPS) is 16.0. The van der Waals surface area contributed by atoms with Crippen LogP contribution >= 0.6 is 0 Å². The molecule has 10 heteroatoms. The Balaban J connectivity index is 1.64. The minimum atomic E-state index is -3.78. The van der Waals surface area contributed by atoms with Crippen LogP contribution in [0.2, 0.25) is 0 Å². The van der Waals surface area contributed by atoms with Crippen molar-refractivity contribution in [2.45, 2.75) is 51.6 Å². The Kier molecular flexibility index (Phi) is 7.28. The fourth-order valence-electron chi connectivity index (χ4n) is 4.54. The molecule has 0 unspecified atom stereocenters. The molecule has 3 heterocycles. The van der Waals surface area contributed by atoms with Crippen LogP contribution in [0.25, 0.3) is 21.9 Å². The first-order chi connectivity index (χ1) is 15.9. The predicted molar refractivity (Wildman–Crippen MR) is 133 cm³/mol. The second-order valence-electron chi connectivity index (χ2n) is 8.52. The van der Waals surface area contributed by atoms with Crippen LogP contribution in [0, 0.1) is 0 Å². The fraction of sp³-hybridized carbons (Fsp3) is 0.478. The van der Waals surface area contributed by atoms with Gasteiger partial charge in [-0.1, -0.05) is 43.7 Å². The molecule has 0 atom stereocenters. The van der Waals surface area contributed by atoms with Gasteiger partial charge in [0.05, 0.1) is 11.0 Å². The summed E-state index contributed by atoms with van der Waals surface area (Å²) < 4.78 is 28.0. The molecule has 1 aliphatic heterocycles. The Morgan fingerprint density at radius 1 is 1.21 bits per heavy atom. The van der Waals surface area contributed by atoms with Gasteiger partial charge in [-0.3, -0.25) is 0 Å². The third-order valence-corrected chi connectivity index (χ3v) is 7.33. The maximum Gasteiger partial charge on any atom is 0.277 e. The Hall–Kier alpha value is -2.53. The van der Waals surface area contributed by atoms with Gasteiger partial charge in [-0.05, 0) is 38.4 Å². The zero-order valence-corrected chi connectivity index (χ0v) is 19.9. The molecule has 4 rings (SSSR count). The van der Waals surface area contributed by atoms with Gasteiger partial charge in [0.15, 0.2) is 5.82 Å².